The van der Waals surface area contributed by atoms with E-state index < -0.39 is 0 Å². The summed E-state index contributed by atoms with van der Waals surface area (Å²) in [4.78, 5) is 20.5. The van der Waals surface area contributed by atoms with E-state index in [1.54, 1.807) is 31.1 Å². The number of rotatable bonds is 2. The van der Waals surface area contributed by atoms with Gasteiger partial charge >= 0.3 is 0 Å². The molecule has 4 nitrogen and oxygen atoms in total. The SMILES string of the molecule is CN(C)/C=N\C(=O)c1ccc(Cl)nc1. The Balaban J connectivity index is 2.75. The van der Waals surface area contributed by atoms with Gasteiger partial charge in [0, 0.05) is 20.3 Å². The van der Waals surface area contributed by atoms with Crippen molar-refractivity contribution >= 4 is 23.8 Å². The van der Waals surface area contributed by atoms with Crippen LogP contribution in [0.4, 0.5) is 0 Å². The van der Waals surface area contributed by atoms with Crippen LogP contribution in [0.2, 0.25) is 5.15 Å². The Labute approximate surface area is 87.2 Å². The molecule has 1 heterocycles. The lowest BCUT2D eigenvalue weighted by atomic mass is 10.3. The second-order valence-electron chi connectivity index (χ2n) is 2.88. The van der Waals surface area contributed by atoms with Crippen LogP contribution in [0.3, 0.4) is 0 Å². The predicted octanol–water partition coefficient (Wildman–Crippen LogP) is 1.47. The first-order valence-corrected chi connectivity index (χ1v) is 4.34. The molecule has 0 spiro atoms. The normalized spacial score (nSPS) is 10.5. The molecule has 0 saturated carbocycles. The highest BCUT2D eigenvalue weighted by atomic mass is 35.5. The molecule has 0 N–H and O–H groups in total. The minimum Gasteiger partial charge on any atom is -0.369 e. The van der Waals surface area contributed by atoms with E-state index in [2.05, 4.69) is 9.98 Å². The maximum absolute atomic E-state index is 11.4. The largest absolute Gasteiger partial charge is 0.369 e. The summed E-state index contributed by atoms with van der Waals surface area (Å²) in [5, 5.41) is 0.359. The Morgan fingerprint density at radius 3 is 2.79 bits per heavy atom. The number of halogens is 1. The van der Waals surface area contributed by atoms with E-state index in [-0.39, 0.29) is 5.91 Å². The van der Waals surface area contributed by atoms with Crippen LogP contribution >= 0.6 is 11.6 Å². The average molecular weight is 212 g/mol. The molecule has 74 valence electrons. The van der Waals surface area contributed by atoms with Gasteiger partial charge in [0.2, 0.25) is 0 Å². The number of nitrogens with zero attached hydrogens (tertiary/aromatic N) is 3. The predicted molar refractivity (Wildman–Crippen MR) is 55.8 cm³/mol. The number of aliphatic imine (C=N–C) groups is 1. The fourth-order valence-corrected chi connectivity index (χ4v) is 0.857. The highest BCUT2D eigenvalue weighted by Gasteiger charge is 2.02. The molecule has 0 aliphatic heterocycles. The van der Waals surface area contributed by atoms with Crippen LogP contribution in [0.1, 0.15) is 10.4 Å². The molecule has 0 radical (unpaired) electrons. The molecule has 5 heteroatoms. The summed E-state index contributed by atoms with van der Waals surface area (Å²) in [6.45, 7) is 0. The highest BCUT2D eigenvalue weighted by molar-refractivity contribution is 6.29. The van der Waals surface area contributed by atoms with Crippen LogP contribution in [0.15, 0.2) is 23.3 Å². The fraction of sp³-hybridized carbons (Fsp3) is 0.222. The molecule has 0 aliphatic rings. The number of carbonyl (C=O) groups is 1. The van der Waals surface area contributed by atoms with Crippen LogP contribution < -0.4 is 0 Å². The van der Waals surface area contributed by atoms with Crippen molar-refractivity contribution < 1.29 is 4.79 Å². The zero-order chi connectivity index (χ0) is 10.6. The van der Waals surface area contributed by atoms with Gasteiger partial charge in [-0.05, 0) is 12.1 Å². The van der Waals surface area contributed by atoms with E-state index in [4.69, 9.17) is 11.6 Å². The van der Waals surface area contributed by atoms with Gasteiger partial charge in [-0.1, -0.05) is 11.6 Å². The standard InChI is InChI=1S/C9H10ClN3O/c1-13(2)6-12-9(14)7-3-4-8(10)11-5-7/h3-6H,1-2H3/b12-6-. The number of hydrogen-bond donors (Lipinski definition) is 0. The first-order chi connectivity index (χ1) is 6.59. The second-order valence-corrected chi connectivity index (χ2v) is 3.27. The van der Waals surface area contributed by atoms with Gasteiger partial charge in [0.1, 0.15) is 5.15 Å². The zero-order valence-corrected chi connectivity index (χ0v) is 8.69. The molecule has 0 aliphatic carbocycles. The fourth-order valence-electron chi connectivity index (χ4n) is 0.745. The molecule has 1 amide bonds. The van der Waals surface area contributed by atoms with E-state index >= 15 is 0 Å². The Bertz CT molecular complexity index is 346. The maximum Gasteiger partial charge on any atom is 0.279 e. The quantitative estimate of drug-likeness (QED) is 0.423. The first kappa shape index (κ1) is 10.7. The summed E-state index contributed by atoms with van der Waals surface area (Å²) >= 11 is 5.57. The van der Waals surface area contributed by atoms with Gasteiger partial charge in [0.05, 0.1) is 11.9 Å². The minimum absolute atomic E-state index is 0.331. The molecule has 1 rings (SSSR count). The molecule has 14 heavy (non-hydrogen) atoms. The van der Waals surface area contributed by atoms with Crippen molar-refractivity contribution in [1.29, 1.82) is 0 Å². The van der Waals surface area contributed by atoms with Gasteiger partial charge in [0.15, 0.2) is 0 Å². The van der Waals surface area contributed by atoms with Crippen LogP contribution in [0.5, 0.6) is 0 Å². The number of pyridine rings is 1. The van der Waals surface area contributed by atoms with Gasteiger partial charge in [-0.15, -0.1) is 0 Å². The molecule has 1 aromatic rings. The summed E-state index contributed by atoms with van der Waals surface area (Å²) in [7, 11) is 3.58. The zero-order valence-electron chi connectivity index (χ0n) is 7.94. The summed E-state index contributed by atoms with van der Waals surface area (Å²) in [6, 6.07) is 3.14. The van der Waals surface area contributed by atoms with E-state index in [0.29, 0.717) is 10.7 Å². The Morgan fingerprint density at radius 1 is 1.57 bits per heavy atom. The van der Waals surface area contributed by atoms with Crippen molar-refractivity contribution in [3.05, 3.63) is 29.0 Å². The Kier molecular flexibility index (Phi) is 3.59. The van der Waals surface area contributed by atoms with Crippen molar-refractivity contribution in [3.8, 4) is 0 Å². The lowest BCUT2D eigenvalue weighted by Crippen LogP contribution is -2.09. The monoisotopic (exact) mass is 211 g/mol. The van der Waals surface area contributed by atoms with Gasteiger partial charge in [-0.2, -0.15) is 4.99 Å². The van der Waals surface area contributed by atoms with Crippen LogP contribution in [-0.2, 0) is 0 Å². The van der Waals surface area contributed by atoms with E-state index in [0.717, 1.165) is 0 Å². The lowest BCUT2D eigenvalue weighted by molar-refractivity contribution is 0.100. The third-order valence-electron chi connectivity index (χ3n) is 1.38. The van der Waals surface area contributed by atoms with E-state index in [1.165, 1.54) is 12.5 Å². The molecule has 0 bridgehead atoms. The molecule has 0 unspecified atom stereocenters. The van der Waals surface area contributed by atoms with Crippen molar-refractivity contribution in [3.63, 3.8) is 0 Å². The number of carbonyl (C=O) groups excluding carboxylic acids is 1. The lowest BCUT2D eigenvalue weighted by Gasteiger charge is -2.01. The highest BCUT2D eigenvalue weighted by Crippen LogP contribution is 2.05. The Hall–Kier alpha value is -1.42. The van der Waals surface area contributed by atoms with Crippen molar-refractivity contribution in [2.75, 3.05) is 14.1 Å². The molecule has 0 aromatic carbocycles. The molecule has 0 atom stereocenters. The van der Waals surface area contributed by atoms with Crippen LogP contribution in [0.25, 0.3) is 0 Å². The molecular formula is C9H10ClN3O. The van der Waals surface area contributed by atoms with Crippen molar-refractivity contribution in [1.82, 2.24) is 9.88 Å². The minimum atomic E-state index is -0.331. The first-order valence-electron chi connectivity index (χ1n) is 3.96. The maximum atomic E-state index is 11.4. The summed E-state index contributed by atoms with van der Waals surface area (Å²) < 4.78 is 0. The average Bonchev–Trinajstić information content (AvgIpc) is 2.15. The second kappa shape index (κ2) is 4.72. The smallest absolute Gasteiger partial charge is 0.279 e. The third kappa shape index (κ3) is 3.14. The summed E-state index contributed by atoms with van der Waals surface area (Å²) in [6.07, 6.45) is 2.84. The molecule has 0 fully saturated rings. The van der Waals surface area contributed by atoms with Crippen LogP contribution in [-0.4, -0.2) is 36.2 Å². The summed E-state index contributed by atoms with van der Waals surface area (Å²) in [5.74, 6) is -0.331. The summed E-state index contributed by atoms with van der Waals surface area (Å²) in [5.41, 5.74) is 0.424. The van der Waals surface area contributed by atoms with E-state index in [9.17, 15) is 4.79 Å². The molecule has 1 aromatic heterocycles. The van der Waals surface area contributed by atoms with Gasteiger partial charge < -0.3 is 4.90 Å². The number of amides is 1. The third-order valence-corrected chi connectivity index (χ3v) is 1.60. The van der Waals surface area contributed by atoms with Gasteiger partial charge in [-0.25, -0.2) is 4.98 Å². The van der Waals surface area contributed by atoms with Gasteiger partial charge in [-0.3, -0.25) is 4.79 Å². The number of hydrogen-bond acceptors (Lipinski definition) is 2. The van der Waals surface area contributed by atoms with E-state index in [1.807, 2.05) is 0 Å². The topological polar surface area (TPSA) is 45.6 Å². The van der Waals surface area contributed by atoms with Gasteiger partial charge in [0.25, 0.3) is 5.91 Å². The molecular weight excluding hydrogens is 202 g/mol. The van der Waals surface area contributed by atoms with Crippen molar-refractivity contribution in [2.45, 2.75) is 0 Å². The van der Waals surface area contributed by atoms with Crippen molar-refractivity contribution in [2.24, 2.45) is 4.99 Å². The van der Waals surface area contributed by atoms with Crippen LogP contribution in [0, 0.1) is 0 Å². The molecule has 0 saturated heterocycles. The number of aromatic nitrogens is 1. The Morgan fingerprint density at radius 2 is 2.29 bits per heavy atom.